The molecule has 17 heavy (non-hydrogen) atoms. The molecule has 0 heterocycles. The molecule has 0 aliphatic carbocycles. The molecule has 1 atom stereocenters. The molecule has 1 rings (SSSR count). The van der Waals surface area contributed by atoms with Crippen LogP contribution in [0.5, 0.6) is 0 Å². The normalized spacial score (nSPS) is 13.9. The van der Waals surface area contributed by atoms with Crippen LogP contribution in [0.2, 0.25) is 0 Å². The lowest BCUT2D eigenvalue weighted by Gasteiger charge is -2.17. The highest BCUT2D eigenvalue weighted by Crippen LogP contribution is 2.27. The smallest absolute Gasteiger partial charge is 0.282 e. The second-order valence-corrected chi connectivity index (χ2v) is 6.20. The molecule has 0 spiro atoms. The largest absolute Gasteiger partial charge is 0.294 e. The molecule has 3 nitrogen and oxygen atoms in total. The molecule has 0 amide bonds. The molecule has 1 aromatic rings. The molecule has 1 unspecified atom stereocenters. The topological polar surface area (TPSA) is 54.4 Å². The van der Waals surface area contributed by atoms with E-state index in [1.807, 2.05) is 0 Å². The van der Waals surface area contributed by atoms with Gasteiger partial charge in [0.05, 0.1) is 4.90 Å². The van der Waals surface area contributed by atoms with E-state index in [1.54, 1.807) is 12.1 Å². The molecule has 0 aromatic heterocycles. The molecular weight excluding hydrogens is 236 g/mol. The van der Waals surface area contributed by atoms with Crippen molar-refractivity contribution in [1.82, 2.24) is 0 Å². The summed E-state index contributed by atoms with van der Waals surface area (Å²) in [6.45, 7) is 6.48. The SMILES string of the molecule is CCC(CC(C)C)c1ccc(S(=O)(=O)O)cc1. The van der Waals surface area contributed by atoms with Crippen molar-refractivity contribution in [3.63, 3.8) is 0 Å². The Morgan fingerprint density at radius 2 is 1.71 bits per heavy atom. The first-order valence-electron chi connectivity index (χ1n) is 5.92. The highest BCUT2D eigenvalue weighted by Gasteiger charge is 2.13. The van der Waals surface area contributed by atoms with Gasteiger partial charge in [0, 0.05) is 0 Å². The third-order valence-electron chi connectivity index (χ3n) is 2.90. The maximum atomic E-state index is 10.9. The quantitative estimate of drug-likeness (QED) is 0.821. The van der Waals surface area contributed by atoms with E-state index in [-0.39, 0.29) is 4.90 Å². The van der Waals surface area contributed by atoms with Crippen molar-refractivity contribution in [3.05, 3.63) is 29.8 Å². The highest BCUT2D eigenvalue weighted by molar-refractivity contribution is 7.85. The average Bonchev–Trinajstić information content (AvgIpc) is 2.24. The molecule has 0 aliphatic rings. The van der Waals surface area contributed by atoms with Crippen molar-refractivity contribution in [2.24, 2.45) is 5.92 Å². The fraction of sp³-hybridized carbons (Fsp3) is 0.538. The van der Waals surface area contributed by atoms with Gasteiger partial charge in [-0.1, -0.05) is 32.9 Å². The summed E-state index contributed by atoms with van der Waals surface area (Å²) in [5.74, 6) is 1.06. The van der Waals surface area contributed by atoms with Crippen molar-refractivity contribution in [2.45, 2.75) is 44.4 Å². The molecule has 4 heteroatoms. The van der Waals surface area contributed by atoms with Gasteiger partial charge in [-0.3, -0.25) is 4.55 Å². The fourth-order valence-corrected chi connectivity index (χ4v) is 2.50. The van der Waals surface area contributed by atoms with Crippen molar-refractivity contribution in [2.75, 3.05) is 0 Å². The molecule has 0 bridgehead atoms. The molecule has 0 radical (unpaired) electrons. The van der Waals surface area contributed by atoms with Crippen LogP contribution in [0.4, 0.5) is 0 Å². The second-order valence-electron chi connectivity index (χ2n) is 4.78. The van der Waals surface area contributed by atoms with Crippen molar-refractivity contribution in [3.8, 4) is 0 Å². The van der Waals surface area contributed by atoms with Crippen LogP contribution in [-0.2, 0) is 10.1 Å². The second kappa shape index (κ2) is 5.65. The summed E-state index contributed by atoms with van der Waals surface area (Å²) in [5, 5.41) is 0. The molecule has 0 aliphatic heterocycles. The van der Waals surface area contributed by atoms with Crippen molar-refractivity contribution in [1.29, 1.82) is 0 Å². The minimum atomic E-state index is -4.08. The molecule has 96 valence electrons. The summed E-state index contributed by atoms with van der Waals surface area (Å²) in [5.41, 5.74) is 1.13. The van der Waals surface area contributed by atoms with Crippen molar-refractivity contribution < 1.29 is 13.0 Å². The Bertz CT molecular complexity index is 446. The van der Waals surface area contributed by atoms with Gasteiger partial charge in [0.15, 0.2) is 0 Å². The van der Waals surface area contributed by atoms with Crippen LogP contribution in [0, 0.1) is 5.92 Å². The minimum Gasteiger partial charge on any atom is -0.282 e. The van der Waals surface area contributed by atoms with E-state index in [4.69, 9.17) is 4.55 Å². The fourth-order valence-electron chi connectivity index (χ4n) is 2.02. The number of hydrogen-bond donors (Lipinski definition) is 1. The summed E-state index contributed by atoms with van der Waals surface area (Å²) >= 11 is 0. The van der Waals surface area contributed by atoms with E-state index in [0.29, 0.717) is 11.8 Å². The van der Waals surface area contributed by atoms with Crippen LogP contribution in [0.25, 0.3) is 0 Å². The van der Waals surface area contributed by atoms with Gasteiger partial charge >= 0.3 is 0 Å². The predicted molar refractivity (Wildman–Crippen MR) is 68.7 cm³/mol. The summed E-state index contributed by atoms with van der Waals surface area (Å²) < 4.78 is 30.7. The first kappa shape index (κ1) is 14.2. The first-order chi connectivity index (χ1) is 7.84. The van der Waals surface area contributed by atoms with E-state index < -0.39 is 10.1 Å². The monoisotopic (exact) mass is 256 g/mol. The zero-order valence-electron chi connectivity index (χ0n) is 10.6. The van der Waals surface area contributed by atoms with Crippen LogP contribution in [0.1, 0.15) is 45.1 Å². The maximum Gasteiger partial charge on any atom is 0.294 e. The lowest BCUT2D eigenvalue weighted by atomic mass is 9.88. The Labute approximate surface area is 104 Å². The van der Waals surface area contributed by atoms with Crippen LogP contribution in [0.15, 0.2) is 29.2 Å². The standard InChI is InChI=1S/C13H20O3S/c1-4-11(9-10(2)3)12-5-7-13(8-6-12)17(14,15)16/h5-8,10-11H,4,9H2,1-3H3,(H,14,15,16). The third-order valence-corrected chi connectivity index (χ3v) is 3.77. The third kappa shape index (κ3) is 4.13. The zero-order valence-corrected chi connectivity index (χ0v) is 11.4. The summed E-state index contributed by atoms with van der Waals surface area (Å²) in [6.07, 6.45) is 2.12. The predicted octanol–water partition coefficient (Wildman–Crippen LogP) is 3.47. The van der Waals surface area contributed by atoms with E-state index in [9.17, 15) is 8.42 Å². The molecule has 0 fully saturated rings. The summed E-state index contributed by atoms with van der Waals surface area (Å²) in [4.78, 5) is -0.0411. The molecule has 1 aromatic carbocycles. The Morgan fingerprint density at radius 1 is 1.18 bits per heavy atom. The lowest BCUT2D eigenvalue weighted by Crippen LogP contribution is -2.03. The summed E-state index contributed by atoms with van der Waals surface area (Å²) in [7, 11) is -4.08. The molecular formula is C13H20O3S. The van der Waals surface area contributed by atoms with Gasteiger partial charge < -0.3 is 0 Å². The van der Waals surface area contributed by atoms with E-state index >= 15 is 0 Å². The van der Waals surface area contributed by atoms with Gasteiger partial charge in [0.25, 0.3) is 10.1 Å². The van der Waals surface area contributed by atoms with Crippen LogP contribution in [-0.4, -0.2) is 13.0 Å². The van der Waals surface area contributed by atoms with Gasteiger partial charge in [-0.2, -0.15) is 8.42 Å². The Kier molecular flexibility index (Phi) is 4.71. The number of rotatable bonds is 5. The van der Waals surface area contributed by atoms with Gasteiger partial charge in [-0.05, 0) is 42.4 Å². The number of benzene rings is 1. The zero-order chi connectivity index (χ0) is 13.1. The van der Waals surface area contributed by atoms with Gasteiger partial charge in [-0.25, -0.2) is 0 Å². The minimum absolute atomic E-state index is 0.0411. The van der Waals surface area contributed by atoms with E-state index in [0.717, 1.165) is 18.4 Å². The maximum absolute atomic E-state index is 10.9. The lowest BCUT2D eigenvalue weighted by molar-refractivity contribution is 0.481. The molecule has 0 saturated carbocycles. The van der Waals surface area contributed by atoms with E-state index in [1.165, 1.54) is 12.1 Å². The van der Waals surface area contributed by atoms with Gasteiger partial charge in [-0.15, -0.1) is 0 Å². The van der Waals surface area contributed by atoms with Gasteiger partial charge in [0.2, 0.25) is 0 Å². The average molecular weight is 256 g/mol. The van der Waals surface area contributed by atoms with Crippen LogP contribution in [0.3, 0.4) is 0 Å². The Hall–Kier alpha value is -0.870. The summed E-state index contributed by atoms with van der Waals surface area (Å²) in [6, 6.07) is 6.51. The van der Waals surface area contributed by atoms with Crippen LogP contribution >= 0.6 is 0 Å². The number of hydrogen-bond acceptors (Lipinski definition) is 2. The Morgan fingerprint density at radius 3 is 2.06 bits per heavy atom. The van der Waals surface area contributed by atoms with E-state index in [2.05, 4.69) is 20.8 Å². The molecule has 1 N–H and O–H groups in total. The van der Waals surface area contributed by atoms with Crippen LogP contribution < -0.4 is 0 Å². The Balaban J connectivity index is 2.93. The van der Waals surface area contributed by atoms with Gasteiger partial charge in [0.1, 0.15) is 0 Å². The van der Waals surface area contributed by atoms with Crippen molar-refractivity contribution >= 4 is 10.1 Å². The molecule has 0 saturated heterocycles. The first-order valence-corrected chi connectivity index (χ1v) is 7.36. The highest BCUT2D eigenvalue weighted by atomic mass is 32.2.